The van der Waals surface area contributed by atoms with Crippen LogP contribution in [0.4, 0.5) is 5.69 Å². The molecule has 0 aliphatic rings. The quantitative estimate of drug-likeness (QED) is 0.206. The van der Waals surface area contributed by atoms with Gasteiger partial charge in [0.05, 0.1) is 16.9 Å². The van der Waals surface area contributed by atoms with E-state index in [1.54, 1.807) is 12.1 Å². The molecular formula is C18H14ClN5O3S3. The Morgan fingerprint density at radius 2 is 1.87 bits per heavy atom. The smallest absolute Gasteiger partial charge is 0.269 e. The number of carbonyl (C=O) groups excluding carboxylic acids is 1. The standard InChI is InChI=1S/C18H14ClN5O3S3/c19-15-4-2-1-3-13(15)10-28-17-22-23-18(30-17)29-11-16(25)21-20-9-12-5-7-14(8-6-12)24(26)27/h1-9H,10-11H2,(H,21,25)/b20-9+. The van der Waals surface area contributed by atoms with Crippen molar-refractivity contribution < 1.29 is 9.72 Å². The lowest BCUT2D eigenvalue weighted by Crippen LogP contribution is -2.19. The molecule has 0 bridgehead atoms. The number of amides is 1. The predicted octanol–water partition coefficient (Wildman–Crippen LogP) is 4.63. The van der Waals surface area contributed by atoms with Gasteiger partial charge >= 0.3 is 0 Å². The predicted molar refractivity (Wildman–Crippen MR) is 120 cm³/mol. The zero-order valence-electron chi connectivity index (χ0n) is 15.2. The molecule has 0 saturated heterocycles. The molecule has 3 rings (SSSR count). The summed E-state index contributed by atoms with van der Waals surface area (Å²) in [5.41, 5.74) is 4.07. The van der Waals surface area contributed by atoms with E-state index in [0.29, 0.717) is 15.7 Å². The van der Waals surface area contributed by atoms with E-state index < -0.39 is 4.92 Å². The van der Waals surface area contributed by atoms with E-state index in [0.717, 1.165) is 14.9 Å². The largest absolute Gasteiger partial charge is 0.272 e. The lowest BCUT2D eigenvalue weighted by atomic mass is 10.2. The Balaban J connectivity index is 1.41. The second kappa shape index (κ2) is 11.1. The van der Waals surface area contributed by atoms with Crippen LogP contribution in [0.3, 0.4) is 0 Å². The van der Waals surface area contributed by atoms with Gasteiger partial charge in [-0.15, -0.1) is 10.2 Å². The third kappa shape index (κ3) is 6.80. The summed E-state index contributed by atoms with van der Waals surface area (Å²) >= 11 is 10.4. The molecule has 1 heterocycles. The lowest BCUT2D eigenvalue weighted by Gasteiger charge is -2.00. The van der Waals surface area contributed by atoms with Crippen LogP contribution in [0.5, 0.6) is 0 Å². The van der Waals surface area contributed by atoms with Gasteiger partial charge in [0.15, 0.2) is 8.68 Å². The molecule has 8 nitrogen and oxygen atoms in total. The Kier molecular flexibility index (Phi) is 8.20. The van der Waals surface area contributed by atoms with Crippen LogP contribution in [0.1, 0.15) is 11.1 Å². The normalized spacial score (nSPS) is 11.0. The van der Waals surface area contributed by atoms with Gasteiger partial charge in [-0.2, -0.15) is 5.10 Å². The molecule has 1 aromatic heterocycles. The Labute approximate surface area is 189 Å². The zero-order valence-corrected chi connectivity index (χ0v) is 18.4. The molecule has 1 N–H and O–H groups in total. The maximum Gasteiger partial charge on any atom is 0.269 e. The highest BCUT2D eigenvalue weighted by Crippen LogP contribution is 2.32. The van der Waals surface area contributed by atoms with Crippen LogP contribution < -0.4 is 5.43 Å². The number of rotatable bonds is 9. The molecule has 3 aromatic rings. The molecular weight excluding hydrogens is 466 g/mol. The SMILES string of the molecule is O=C(CSc1nnc(SCc2ccccc2Cl)s1)N/N=C/c1ccc([N+](=O)[O-])cc1. The summed E-state index contributed by atoms with van der Waals surface area (Å²) in [6.07, 6.45) is 1.42. The fourth-order valence-electron chi connectivity index (χ4n) is 2.09. The second-order valence-electron chi connectivity index (χ2n) is 5.64. The molecule has 0 radical (unpaired) electrons. The minimum absolute atomic E-state index is 0.00552. The number of hydrogen-bond acceptors (Lipinski definition) is 9. The van der Waals surface area contributed by atoms with E-state index >= 15 is 0 Å². The molecule has 0 unspecified atom stereocenters. The number of hydrogen-bond donors (Lipinski definition) is 1. The maximum absolute atomic E-state index is 11.9. The number of non-ortho nitro benzene ring substituents is 1. The number of carbonyl (C=O) groups is 1. The van der Waals surface area contributed by atoms with Gasteiger partial charge in [-0.05, 0) is 29.3 Å². The van der Waals surface area contributed by atoms with E-state index in [9.17, 15) is 14.9 Å². The van der Waals surface area contributed by atoms with Crippen molar-refractivity contribution >= 4 is 64.3 Å². The number of nitro benzene ring substituents is 1. The highest BCUT2D eigenvalue weighted by Gasteiger charge is 2.09. The van der Waals surface area contributed by atoms with E-state index in [1.807, 2.05) is 24.3 Å². The van der Waals surface area contributed by atoms with Gasteiger partial charge in [0, 0.05) is 22.9 Å². The molecule has 2 aromatic carbocycles. The third-order valence-corrected chi connectivity index (χ3v) is 7.14. The fraction of sp³-hybridized carbons (Fsp3) is 0.111. The van der Waals surface area contributed by atoms with Gasteiger partial charge in [-0.1, -0.05) is 64.7 Å². The van der Waals surface area contributed by atoms with E-state index in [1.165, 1.54) is 53.2 Å². The topological polar surface area (TPSA) is 110 Å². The van der Waals surface area contributed by atoms with Crippen molar-refractivity contribution in [2.75, 3.05) is 5.75 Å². The highest BCUT2D eigenvalue weighted by molar-refractivity contribution is 8.03. The van der Waals surface area contributed by atoms with Crippen molar-refractivity contribution in [3.05, 3.63) is 74.8 Å². The highest BCUT2D eigenvalue weighted by atomic mass is 35.5. The zero-order chi connectivity index (χ0) is 21.3. The van der Waals surface area contributed by atoms with Crippen molar-refractivity contribution in [2.24, 2.45) is 5.10 Å². The number of benzene rings is 2. The molecule has 154 valence electrons. The molecule has 0 aliphatic heterocycles. The van der Waals surface area contributed by atoms with Crippen molar-refractivity contribution in [2.45, 2.75) is 14.4 Å². The molecule has 0 saturated carbocycles. The number of aromatic nitrogens is 2. The van der Waals surface area contributed by atoms with Gasteiger partial charge in [-0.3, -0.25) is 14.9 Å². The number of nitrogens with zero attached hydrogens (tertiary/aromatic N) is 4. The summed E-state index contributed by atoms with van der Waals surface area (Å²) in [4.78, 5) is 22.0. The van der Waals surface area contributed by atoms with Gasteiger partial charge < -0.3 is 0 Å². The average Bonchev–Trinajstić information content (AvgIpc) is 3.20. The van der Waals surface area contributed by atoms with Gasteiger partial charge in [-0.25, -0.2) is 5.43 Å². The lowest BCUT2D eigenvalue weighted by molar-refractivity contribution is -0.384. The first kappa shape index (κ1) is 22.2. The van der Waals surface area contributed by atoms with Gasteiger partial charge in [0.25, 0.3) is 11.6 Å². The number of thioether (sulfide) groups is 2. The summed E-state index contributed by atoms with van der Waals surface area (Å²) in [5, 5.41) is 23.4. The summed E-state index contributed by atoms with van der Waals surface area (Å²) in [6, 6.07) is 13.5. The van der Waals surface area contributed by atoms with Crippen LogP contribution in [0.15, 0.2) is 62.3 Å². The van der Waals surface area contributed by atoms with Gasteiger partial charge in [0.1, 0.15) is 0 Å². The minimum atomic E-state index is -0.478. The summed E-state index contributed by atoms with van der Waals surface area (Å²) in [6.45, 7) is 0. The summed E-state index contributed by atoms with van der Waals surface area (Å²) in [7, 11) is 0. The van der Waals surface area contributed by atoms with Crippen molar-refractivity contribution in [1.29, 1.82) is 0 Å². The Hall–Kier alpha value is -2.47. The van der Waals surface area contributed by atoms with Crippen LogP contribution in [-0.4, -0.2) is 33.0 Å². The number of halogens is 1. The monoisotopic (exact) mass is 479 g/mol. The van der Waals surface area contributed by atoms with Crippen molar-refractivity contribution in [3.63, 3.8) is 0 Å². The Bertz CT molecular complexity index is 1060. The van der Waals surface area contributed by atoms with Crippen LogP contribution in [0, 0.1) is 10.1 Å². The number of nitrogens with one attached hydrogen (secondary N) is 1. The molecule has 1 amide bonds. The first-order chi connectivity index (χ1) is 14.5. The summed E-state index contributed by atoms with van der Waals surface area (Å²) < 4.78 is 1.49. The van der Waals surface area contributed by atoms with Crippen LogP contribution >= 0.6 is 46.5 Å². The summed E-state index contributed by atoms with van der Waals surface area (Å²) in [5.74, 6) is 0.539. The molecule has 30 heavy (non-hydrogen) atoms. The fourth-order valence-corrected chi connectivity index (χ4v) is 5.19. The number of nitro groups is 1. The molecule has 0 fully saturated rings. The van der Waals surface area contributed by atoms with Crippen molar-refractivity contribution in [1.82, 2.24) is 15.6 Å². The van der Waals surface area contributed by atoms with E-state index in [-0.39, 0.29) is 17.3 Å². The molecule has 0 spiro atoms. The molecule has 0 aliphatic carbocycles. The van der Waals surface area contributed by atoms with Gasteiger partial charge in [0.2, 0.25) is 0 Å². The minimum Gasteiger partial charge on any atom is -0.272 e. The van der Waals surface area contributed by atoms with E-state index in [2.05, 4.69) is 20.7 Å². The Morgan fingerprint density at radius 1 is 1.17 bits per heavy atom. The first-order valence-electron chi connectivity index (χ1n) is 8.40. The van der Waals surface area contributed by atoms with Crippen LogP contribution in [-0.2, 0) is 10.5 Å². The van der Waals surface area contributed by atoms with Crippen molar-refractivity contribution in [3.8, 4) is 0 Å². The van der Waals surface area contributed by atoms with E-state index in [4.69, 9.17) is 11.6 Å². The first-order valence-corrected chi connectivity index (χ1v) is 11.6. The maximum atomic E-state index is 11.9. The number of hydrazone groups is 1. The Morgan fingerprint density at radius 3 is 2.57 bits per heavy atom. The third-order valence-electron chi connectivity index (χ3n) is 3.53. The average molecular weight is 480 g/mol. The van der Waals surface area contributed by atoms with Crippen LogP contribution in [0.25, 0.3) is 0 Å². The van der Waals surface area contributed by atoms with Crippen LogP contribution in [0.2, 0.25) is 5.02 Å². The molecule has 0 atom stereocenters. The molecule has 12 heteroatoms. The second-order valence-corrected chi connectivity index (χ2v) is 9.47.